The second kappa shape index (κ2) is 4.03. The van der Waals surface area contributed by atoms with E-state index in [2.05, 4.69) is 33.3 Å². The lowest BCUT2D eigenvalue weighted by atomic mass is 9.92. The molecule has 1 aliphatic heterocycles. The van der Waals surface area contributed by atoms with Crippen molar-refractivity contribution in [1.82, 2.24) is 15.1 Å². The van der Waals surface area contributed by atoms with Gasteiger partial charge in [-0.2, -0.15) is 5.10 Å². The van der Waals surface area contributed by atoms with Crippen molar-refractivity contribution >= 4 is 15.9 Å². The van der Waals surface area contributed by atoms with E-state index >= 15 is 0 Å². The molecule has 0 radical (unpaired) electrons. The van der Waals surface area contributed by atoms with Crippen molar-refractivity contribution in [3.05, 3.63) is 16.4 Å². The van der Waals surface area contributed by atoms with Gasteiger partial charge >= 0.3 is 0 Å². The molecule has 0 amide bonds. The van der Waals surface area contributed by atoms with Crippen LogP contribution in [0.3, 0.4) is 0 Å². The number of aryl methyl sites for hydroxylation is 1. The predicted octanol–water partition coefficient (Wildman–Crippen LogP) is 2.24. The summed E-state index contributed by atoms with van der Waals surface area (Å²) in [6.07, 6.45) is 4.36. The average molecular weight is 258 g/mol. The van der Waals surface area contributed by atoms with Crippen LogP contribution in [0.4, 0.5) is 0 Å². The molecule has 0 bridgehead atoms. The molecule has 1 fully saturated rings. The molecule has 2 heterocycles. The third kappa shape index (κ3) is 1.86. The SMILES string of the molecule is CC1CCNC(c2c(Br)cnn2C)C1. The molecule has 2 unspecified atom stereocenters. The summed E-state index contributed by atoms with van der Waals surface area (Å²) in [5, 5.41) is 7.79. The zero-order valence-electron chi connectivity index (χ0n) is 8.63. The van der Waals surface area contributed by atoms with E-state index in [0.717, 1.165) is 16.9 Å². The second-order valence-corrected chi connectivity index (χ2v) is 4.99. The summed E-state index contributed by atoms with van der Waals surface area (Å²) in [5.74, 6) is 0.808. The molecule has 1 aliphatic rings. The Morgan fingerprint density at radius 1 is 1.64 bits per heavy atom. The number of rotatable bonds is 1. The highest BCUT2D eigenvalue weighted by molar-refractivity contribution is 9.10. The van der Waals surface area contributed by atoms with Gasteiger partial charge in [0.25, 0.3) is 0 Å². The summed E-state index contributed by atoms with van der Waals surface area (Å²) in [5.41, 5.74) is 1.27. The Labute approximate surface area is 93.0 Å². The van der Waals surface area contributed by atoms with Gasteiger partial charge in [-0.1, -0.05) is 6.92 Å². The third-order valence-corrected chi connectivity index (χ3v) is 3.54. The van der Waals surface area contributed by atoms with Crippen LogP contribution in [-0.4, -0.2) is 16.3 Å². The molecular weight excluding hydrogens is 242 g/mol. The van der Waals surface area contributed by atoms with E-state index in [0.29, 0.717) is 6.04 Å². The first kappa shape index (κ1) is 10.2. The smallest absolute Gasteiger partial charge is 0.0692 e. The number of nitrogens with one attached hydrogen (secondary N) is 1. The first-order chi connectivity index (χ1) is 6.68. The van der Waals surface area contributed by atoms with Gasteiger partial charge in [-0.15, -0.1) is 0 Å². The zero-order chi connectivity index (χ0) is 10.1. The van der Waals surface area contributed by atoms with Gasteiger partial charge in [0.05, 0.1) is 22.4 Å². The van der Waals surface area contributed by atoms with Crippen molar-refractivity contribution in [3.63, 3.8) is 0 Å². The summed E-state index contributed by atoms with van der Waals surface area (Å²) < 4.78 is 3.08. The van der Waals surface area contributed by atoms with Gasteiger partial charge in [-0.05, 0) is 41.2 Å². The lowest BCUT2D eigenvalue weighted by Gasteiger charge is -2.28. The second-order valence-electron chi connectivity index (χ2n) is 4.14. The van der Waals surface area contributed by atoms with Crippen LogP contribution in [0.1, 0.15) is 31.5 Å². The Balaban J connectivity index is 2.21. The highest BCUT2D eigenvalue weighted by Gasteiger charge is 2.23. The van der Waals surface area contributed by atoms with Crippen molar-refractivity contribution in [1.29, 1.82) is 0 Å². The number of aromatic nitrogens is 2. The highest BCUT2D eigenvalue weighted by atomic mass is 79.9. The lowest BCUT2D eigenvalue weighted by molar-refractivity contribution is 0.314. The van der Waals surface area contributed by atoms with E-state index in [9.17, 15) is 0 Å². The minimum Gasteiger partial charge on any atom is -0.309 e. The van der Waals surface area contributed by atoms with E-state index in [-0.39, 0.29) is 0 Å². The first-order valence-electron chi connectivity index (χ1n) is 5.09. The molecule has 0 saturated carbocycles. The van der Waals surface area contributed by atoms with E-state index in [1.165, 1.54) is 18.5 Å². The molecule has 0 aromatic carbocycles. The summed E-state index contributed by atoms with van der Waals surface area (Å²) in [6.45, 7) is 3.43. The zero-order valence-corrected chi connectivity index (χ0v) is 10.2. The van der Waals surface area contributed by atoms with Gasteiger partial charge in [0.2, 0.25) is 0 Å². The maximum atomic E-state index is 4.25. The number of halogens is 1. The molecule has 2 rings (SSSR count). The third-order valence-electron chi connectivity index (χ3n) is 2.93. The van der Waals surface area contributed by atoms with Gasteiger partial charge in [-0.3, -0.25) is 4.68 Å². The summed E-state index contributed by atoms with van der Waals surface area (Å²) in [4.78, 5) is 0. The molecule has 4 heteroatoms. The molecule has 2 atom stereocenters. The fourth-order valence-corrected chi connectivity index (χ4v) is 2.75. The fraction of sp³-hybridized carbons (Fsp3) is 0.700. The van der Waals surface area contributed by atoms with Gasteiger partial charge < -0.3 is 5.32 Å². The maximum Gasteiger partial charge on any atom is 0.0692 e. The fourth-order valence-electron chi connectivity index (χ4n) is 2.13. The molecule has 0 aliphatic carbocycles. The standard InChI is InChI=1S/C10H16BrN3/c1-7-3-4-12-9(5-7)10-8(11)6-13-14(10)2/h6-7,9,12H,3-5H2,1-2H3. The number of nitrogens with zero attached hydrogens (tertiary/aromatic N) is 2. The van der Waals surface area contributed by atoms with Crippen molar-refractivity contribution in [2.75, 3.05) is 6.54 Å². The van der Waals surface area contributed by atoms with Gasteiger partial charge in [0.1, 0.15) is 0 Å². The Morgan fingerprint density at radius 2 is 2.43 bits per heavy atom. The van der Waals surface area contributed by atoms with Crippen molar-refractivity contribution in [2.45, 2.75) is 25.8 Å². The minimum atomic E-state index is 0.459. The number of piperidine rings is 1. The molecule has 0 spiro atoms. The van der Waals surface area contributed by atoms with Crippen LogP contribution in [0.5, 0.6) is 0 Å². The molecule has 78 valence electrons. The van der Waals surface area contributed by atoms with E-state index < -0.39 is 0 Å². The molecule has 1 N–H and O–H groups in total. The molecular formula is C10H16BrN3. The quantitative estimate of drug-likeness (QED) is 0.837. The van der Waals surface area contributed by atoms with E-state index in [1.54, 1.807) is 0 Å². The first-order valence-corrected chi connectivity index (χ1v) is 5.88. The van der Waals surface area contributed by atoms with Crippen molar-refractivity contribution < 1.29 is 0 Å². The number of hydrogen-bond donors (Lipinski definition) is 1. The Morgan fingerprint density at radius 3 is 3.00 bits per heavy atom. The Kier molecular flexibility index (Phi) is 2.93. The molecule has 1 saturated heterocycles. The van der Waals surface area contributed by atoms with Gasteiger partial charge in [0.15, 0.2) is 0 Å². The largest absolute Gasteiger partial charge is 0.309 e. The van der Waals surface area contributed by atoms with Crippen LogP contribution < -0.4 is 5.32 Å². The van der Waals surface area contributed by atoms with E-state index in [4.69, 9.17) is 0 Å². The van der Waals surface area contributed by atoms with E-state index in [1.807, 2.05) is 17.9 Å². The van der Waals surface area contributed by atoms with Crippen LogP contribution >= 0.6 is 15.9 Å². The Bertz CT molecular complexity index is 302. The van der Waals surface area contributed by atoms with Crippen LogP contribution in [0.2, 0.25) is 0 Å². The highest BCUT2D eigenvalue weighted by Crippen LogP contribution is 2.30. The molecule has 1 aromatic heterocycles. The summed E-state index contributed by atoms with van der Waals surface area (Å²) in [7, 11) is 2.00. The van der Waals surface area contributed by atoms with Crippen molar-refractivity contribution in [2.24, 2.45) is 13.0 Å². The monoisotopic (exact) mass is 257 g/mol. The Hall–Kier alpha value is -0.350. The van der Waals surface area contributed by atoms with Crippen molar-refractivity contribution in [3.8, 4) is 0 Å². The molecule has 14 heavy (non-hydrogen) atoms. The molecule has 1 aromatic rings. The van der Waals surface area contributed by atoms with Crippen LogP contribution in [0.15, 0.2) is 10.7 Å². The minimum absolute atomic E-state index is 0.459. The lowest BCUT2D eigenvalue weighted by Crippen LogP contribution is -2.32. The summed E-state index contributed by atoms with van der Waals surface area (Å²) in [6, 6.07) is 0.459. The predicted molar refractivity (Wildman–Crippen MR) is 60.0 cm³/mol. The maximum absolute atomic E-state index is 4.25. The topological polar surface area (TPSA) is 29.9 Å². The normalized spacial score (nSPS) is 27.9. The average Bonchev–Trinajstić information content (AvgIpc) is 2.46. The van der Waals surface area contributed by atoms with Crippen LogP contribution in [0.25, 0.3) is 0 Å². The van der Waals surface area contributed by atoms with Gasteiger partial charge in [-0.25, -0.2) is 0 Å². The van der Waals surface area contributed by atoms with Crippen LogP contribution in [-0.2, 0) is 7.05 Å². The summed E-state index contributed by atoms with van der Waals surface area (Å²) >= 11 is 3.55. The van der Waals surface area contributed by atoms with Gasteiger partial charge in [0, 0.05) is 7.05 Å². The molecule has 3 nitrogen and oxygen atoms in total. The van der Waals surface area contributed by atoms with Crippen LogP contribution in [0, 0.1) is 5.92 Å². The number of hydrogen-bond acceptors (Lipinski definition) is 2.